The van der Waals surface area contributed by atoms with Crippen molar-refractivity contribution in [2.75, 3.05) is 6.61 Å². The van der Waals surface area contributed by atoms with E-state index in [0.29, 0.717) is 22.3 Å². The number of hydrogen-bond acceptors (Lipinski definition) is 5. The Bertz CT molecular complexity index is 584. The van der Waals surface area contributed by atoms with Gasteiger partial charge in [-0.25, -0.2) is 4.68 Å². The Labute approximate surface area is 110 Å². The van der Waals surface area contributed by atoms with Crippen LogP contribution in [0, 0.1) is 10.1 Å². The van der Waals surface area contributed by atoms with Crippen molar-refractivity contribution in [2.45, 2.75) is 6.42 Å². The van der Waals surface area contributed by atoms with Crippen LogP contribution in [-0.4, -0.2) is 31.6 Å². The van der Waals surface area contributed by atoms with Gasteiger partial charge in [0.1, 0.15) is 0 Å². The van der Waals surface area contributed by atoms with Gasteiger partial charge in [0.05, 0.1) is 22.5 Å². The first-order chi connectivity index (χ1) is 8.61. The molecule has 7 nitrogen and oxygen atoms in total. The van der Waals surface area contributed by atoms with Crippen molar-refractivity contribution in [3.05, 3.63) is 44.7 Å². The molecule has 0 fully saturated rings. The minimum absolute atomic E-state index is 0.0190. The van der Waals surface area contributed by atoms with E-state index in [-0.39, 0.29) is 12.3 Å². The third-order valence-corrected chi connectivity index (χ3v) is 2.97. The summed E-state index contributed by atoms with van der Waals surface area (Å²) >= 11 is 3.30. The number of halogens is 1. The number of nitrogens with zero attached hydrogens (tertiary/aromatic N) is 4. The fourth-order valence-electron chi connectivity index (χ4n) is 1.44. The highest BCUT2D eigenvalue weighted by Gasteiger charge is 2.12. The summed E-state index contributed by atoms with van der Waals surface area (Å²) in [6.07, 6.45) is 2.02. The van der Waals surface area contributed by atoms with Crippen molar-refractivity contribution in [2.24, 2.45) is 0 Å². The topological polar surface area (TPSA) is 94.1 Å². The molecule has 18 heavy (non-hydrogen) atoms. The number of aromatic nitrogens is 3. The number of non-ortho nitro benzene ring substituents is 1. The molecule has 1 heterocycles. The van der Waals surface area contributed by atoms with Gasteiger partial charge in [0.25, 0.3) is 5.69 Å². The molecule has 0 bridgehead atoms. The van der Waals surface area contributed by atoms with E-state index >= 15 is 0 Å². The number of aliphatic hydroxyl groups excluding tert-OH is 1. The van der Waals surface area contributed by atoms with Gasteiger partial charge in [0.15, 0.2) is 0 Å². The van der Waals surface area contributed by atoms with Crippen LogP contribution >= 0.6 is 15.9 Å². The number of hydrogen-bond donors (Lipinski definition) is 1. The second-order valence-corrected chi connectivity index (χ2v) is 4.38. The third-order valence-electron chi connectivity index (χ3n) is 2.30. The first kappa shape index (κ1) is 12.7. The largest absolute Gasteiger partial charge is 0.396 e. The summed E-state index contributed by atoms with van der Waals surface area (Å²) in [6, 6.07) is 4.39. The molecule has 0 saturated carbocycles. The predicted octanol–water partition coefficient (Wildman–Crippen LogP) is 1.47. The molecule has 0 unspecified atom stereocenters. The average molecular weight is 313 g/mol. The van der Waals surface area contributed by atoms with Crippen LogP contribution in [0.15, 0.2) is 28.9 Å². The number of rotatable bonds is 4. The van der Waals surface area contributed by atoms with Crippen molar-refractivity contribution < 1.29 is 10.0 Å². The van der Waals surface area contributed by atoms with Gasteiger partial charge in [-0.05, 0) is 22.0 Å². The van der Waals surface area contributed by atoms with Crippen molar-refractivity contribution in [3.8, 4) is 5.69 Å². The lowest BCUT2D eigenvalue weighted by atomic mass is 10.3. The molecule has 0 aliphatic carbocycles. The fraction of sp³-hybridized carbons (Fsp3) is 0.200. The molecule has 0 aliphatic rings. The van der Waals surface area contributed by atoms with Crippen LogP contribution in [0.3, 0.4) is 0 Å². The molecule has 1 aromatic heterocycles. The van der Waals surface area contributed by atoms with Crippen molar-refractivity contribution >= 4 is 21.6 Å². The molecule has 94 valence electrons. The summed E-state index contributed by atoms with van der Waals surface area (Å²) in [7, 11) is 0. The molecule has 0 radical (unpaired) electrons. The maximum atomic E-state index is 10.7. The van der Waals surface area contributed by atoms with E-state index in [1.165, 1.54) is 16.8 Å². The Morgan fingerprint density at radius 2 is 2.28 bits per heavy atom. The lowest BCUT2D eigenvalue weighted by molar-refractivity contribution is -0.384. The molecule has 0 spiro atoms. The molecule has 0 saturated heterocycles. The summed E-state index contributed by atoms with van der Waals surface area (Å²) in [6.45, 7) is -0.0190. The maximum absolute atomic E-state index is 10.7. The molecular weight excluding hydrogens is 304 g/mol. The minimum atomic E-state index is -0.471. The summed E-state index contributed by atoms with van der Waals surface area (Å²) in [5.41, 5.74) is 1.13. The molecule has 0 atom stereocenters. The quantitative estimate of drug-likeness (QED) is 0.681. The van der Waals surface area contributed by atoms with Crippen molar-refractivity contribution in [1.29, 1.82) is 0 Å². The van der Waals surface area contributed by atoms with Crippen LogP contribution in [-0.2, 0) is 6.42 Å². The Morgan fingerprint density at radius 1 is 1.50 bits per heavy atom. The van der Waals surface area contributed by atoms with Crippen LogP contribution in [0.5, 0.6) is 0 Å². The highest BCUT2D eigenvalue weighted by Crippen LogP contribution is 2.25. The molecule has 8 heteroatoms. The van der Waals surface area contributed by atoms with Gasteiger partial charge in [-0.3, -0.25) is 10.1 Å². The molecule has 2 rings (SSSR count). The highest BCUT2D eigenvalue weighted by atomic mass is 79.9. The number of nitro benzene ring substituents is 1. The highest BCUT2D eigenvalue weighted by molar-refractivity contribution is 9.10. The van der Waals surface area contributed by atoms with E-state index in [0.717, 1.165) is 0 Å². The molecule has 2 aromatic rings. The van der Waals surface area contributed by atoms with E-state index in [1.807, 2.05) is 0 Å². The normalized spacial score (nSPS) is 10.6. The van der Waals surface area contributed by atoms with Gasteiger partial charge in [0.2, 0.25) is 0 Å². The average Bonchev–Trinajstić information content (AvgIpc) is 2.78. The zero-order valence-electron chi connectivity index (χ0n) is 9.15. The van der Waals surface area contributed by atoms with Gasteiger partial charge in [0, 0.05) is 29.6 Å². The SMILES string of the molecule is O=[N+]([O-])c1ccc(Br)c(-n2cc(CCO)nn2)c1. The lowest BCUT2D eigenvalue weighted by Gasteiger charge is -2.02. The van der Waals surface area contributed by atoms with Crippen LogP contribution in [0.2, 0.25) is 0 Å². The predicted molar refractivity (Wildman–Crippen MR) is 66.5 cm³/mol. The Hall–Kier alpha value is -1.80. The Balaban J connectivity index is 2.41. The van der Waals surface area contributed by atoms with Gasteiger partial charge < -0.3 is 5.11 Å². The van der Waals surface area contributed by atoms with Crippen LogP contribution in [0.1, 0.15) is 5.69 Å². The zero-order chi connectivity index (χ0) is 13.1. The second kappa shape index (κ2) is 5.23. The van der Waals surface area contributed by atoms with Crippen molar-refractivity contribution in [3.63, 3.8) is 0 Å². The number of aliphatic hydroxyl groups is 1. The van der Waals surface area contributed by atoms with Gasteiger partial charge in [-0.1, -0.05) is 5.21 Å². The summed E-state index contributed by atoms with van der Waals surface area (Å²) in [4.78, 5) is 10.2. The third kappa shape index (κ3) is 2.54. The smallest absolute Gasteiger partial charge is 0.271 e. The lowest BCUT2D eigenvalue weighted by Crippen LogP contribution is -1.98. The first-order valence-electron chi connectivity index (χ1n) is 5.08. The van der Waals surface area contributed by atoms with E-state index in [4.69, 9.17) is 5.11 Å². The van der Waals surface area contributed by atoms with Crippen LogP contribution in [0.4, 0.5) is 5.69 Å². The first-order valence-corrected chi connectivity index (χ1v) is 5.87. The molecular formula is C10H9BrN4O3. The molecule has 1 N–H and O–H groups in total. The molecule has 0 aliphatic heterocycles. The monoisotopic (exact) mass is 312 g/mol. The maximum Gasteiger partial charge on any atom is 0.271 e. The van der Waals surface area contributed by atoms with E-state index < -0.39 is 4.92 Å². The van der Waals surface area contributed by atoms with Crippen molar-refractivity contribution in [1.82, 2.24) is 15.0 Å². The summed E-state index contributed by atoms with van der Waals surface area (Å²) in [5, 5.41) is 27.2. The van der Waals surface area contributed by atoms with E-state index in [2.05, 4.69) is 26.2 Å². The standard InChI is InChI=1S/C10H9BrN4O3/c11-9-2-1-8(15(17)18)5-10(9)14-6-7(3-4-16)12-13-14/h1-2,5-6,16H,3-4H2. The molecule has 0 amide bonds. The number of benzene rings is 1. The van der Waals surface area contributed by atoms with E-state index in [1.54, 1.807) is 12.3 Å². The number of nitro groups is 1. The van der Waals surface area contributed by atoms with Gasteiger partial charge in [-0.2, -0.15) is 0 Å². The van der Waals surface area contributed by atoms with Gasteiger partial charge >= 0.3 is 0 Å². The zero-order valence-corrected chi connectivity index (χ0v) is 10.7. The van der Waals surface area contributed by atoms with Crippen LogP contribution in [0.25, 0.3) is 5.69 Å². The van der Waals surface area contributed by atoms with E-state index in [9.17, 15) is 10.1 Å². The summed E-state index contributed by atoms with van der Waals surface area (Å²) in [5.74, 6) is 0. The van der Waals surface area contributed by atoms with Gasteiger partial charge in [-0.15, -0.1) is 5.10 Å². The fourth-order valence-corrected chi connectivity index (χ4v) is 1.86. The molecule has 1 aromatic carbocycles. The Kier molecular flexibility index (Phi) is 3.68. The summed E-state index contributed by atoms with van der Waals surface area (Å²) < 4.78 is 2.11. The Morgan fingerprint density at radius 3 is 2.94 bits per heavy atom. The van der Waals surface area contributed by atoms with Crippen LogP contribution < -0.4 is 0 Å². The second-order valence-electron chi connectivity index (χ2n) is 3.52. The minimum Gasteiger partial charge on any atom is -0.396 e.